The van der Waals surface area contributed by atoms with Crippen molar-refractivity contribution in [2.45, 2.75) is 25.2 Å². The quantitative estimate of drug-likeness (QED) is 0.459. The van der Waals surface area contributed by atoms with Crippen LogP contribution in [0.2, 0.25) is 0 Å². The van der Waals surface area contributed by atoms with Crippen LogP contribution < -0.4 is 9.64 Å². The average Bonchev–Trinajstić information content (AvgIpc) is 2.98. The normalized spacial score (nSPS) is 24.2. The number of non-ortho nitro benzene ring substituents is 1. The van der Waals surface area contributed by atoms with Crippen molar-refractivity contribution in [3.8, 4) is 5.75 Å². The highest BCUT2D eigenvalue weighted by Crippen LogP contribution is 2.47. The number of nitrogens with zero attached hydrogens (tertiary/aromatic N) is 2. The largest absolute Gasteiger partial charge is 0.494 e. The lowest BCUT2D eigenvalue weighted by Gasteiger charge is -2.28. The molecule has 2 amide bonds. The third-order valence-electron chi connectivity index (χ3n) is 5.81. The van der Waals surface area contributed by atoms with Crippen LogP contribution in [0.15, 0.2) is 48.5 Å². The summed E-state index contributed by atoms with van der Waals surface area (Å²) in [6, 6.07) is 14.0. The lowest BCUT2D eigenvalue weighted by molar-refractivity contribution is -0.384. The van der Waals surface area contributed by atoms with Crippen molar-refractivity contribution in [1.82, 2.24) is 0 Å². The van der Waals surface area contributed by atoms with Crippen LogP contribution in [0, 0.1) is 22.0 Å². The van der Waals surface area contributed by atoms with E-state index < -0.39 is 4.92 Å². The number of benzene rings is 2. The van der Waals surface area contributed by atoms with Gasteiger partial charge < -0.3 is 4.74 Å². The van der Waals surface area contributed by atoms with Crippen LogP contribution in [0.1, 0.15) is 30.7 Å². The number of hydrogen-bond donors (Lipinski definition) is 0. The van der Waals surface area contributed by atoms with E-state index in [-0.39, 0.29) is 46.7 Å². The molecule has 144 valence electrons. The number of hydrogen-bond acceptors (Lipinski definition) is 5. The minimum atomic E-state index is -0.538. The fourth-order valence-corrected chi connectivity index (χ4v) is 4.41. The molecule has 28 heavy (non-hydrogen) atoms. The van der Waals surface area contributed by atoms with Gasteiger partial charge in [-0.15, -0.1) is 0 Å². The van der Waals surface area contributed by atoms with Crippen LogP contribution in [0.25, 0.3) is 0 Å². The highest BCUT2D eigenvalue weighted by Gasteiger charge is 2.51. The van der Waals surface area contributed by atoms with Gasteiger partial charge in [0.15, 0.2) is 0 Å². The molecule has 1 aliphatic carbocycles. The Morgan fingerprint density at radius 3 is 2.43 bits per heavy atom. The predicted molar refractivity (Wildman–Crippen MR) is 102 cm³/mol. The molecule has 7 heteroatoms. The molecule has 1 saturated heterocycles. The van der Waals surface area contributed by atoms with E-state index in [0.717, 1.165) is 11.3 Å². The highest BCUT2D eigenvalue weighted by molar-refractivity contribution is 6.22. The summed E-state index contributed by atoms with van der Waals surface area (Å²) in [5, 5.41) is 11.0. The van der Waals surface area contributed by atoms with Gasteiger partial charge in [0.2, 0.25) is 11.8 Å². The first-order valence-corrected chi connectivity index (χ1v) is 9.26. The maximum Gasteiger partial charge on any atom is 0.273 e. The van der Waals surface area contributed by atoms with Crippen LogP contribution >= 0.6 is 0 Å². The summed E-state index contributed by atoms with van der Waals surface area (Å²) >= 11 is 0. The van der Waals surface area contributed by atoms with E-state index >= 15 is 0 Å². The Hall–Kier alpha value is -3.22. The number of rotatable bonds is 4. The topological polar surface area (TPSA) is 89.8 Å². The maximum atomic E-state index is 13.1. The third-order valence-corrected chi connectivity index (χ3v) is 5.81. The first-order chi connectivity index (χ1) is 13.5. The first kappa shape index (κ1) is 18.2. The zero-order chi connectivity index (χ0) is 19.8. The standard InChI is InChI=1S/C21H20N2O5/c1-28-19-12-15(23(26)27)8-10-18(19)22-20(24)16-9-7-14(11-17(16)21(22)25)13-5-3-2-4-6-13/h2-6,8,10,12,14,16-17H,7,9,11H2,1H3. The Morgan fingerprint density at radius 1 is 1.04 bits per heavy atom. The van der Waals surface area contributed by atoms with E-state index in [9.17, 15) is 19.7 Å². The summed E-state index contributed by atoms with van der Waals surface area (Å²) in [5.74, 6) is -0.803. The van der Waals surface area contributed by atoms with Crippen molar-refractivity contribution >= 4 is 23.2 Å². The summed E-state index contributed by atoms with van der Waals surface area (Å²) in [6.07, 6.45) is 2.14. The SMILES string of the molecule is COc1cc([N+](=O)[O-])ccc1N1C(=O)C2CCC(c3ccccc3)CC2C1=O. The number of fused-ring (bicyclic) bond motifs is 1. The molecule has 3 atom stereocenters. The van der Waals surface area contributed by atoms with Crippen molar-refractivity contribution in [1.29, 1.82) is 0 Å². The highest BCUT2D eigenvalue weighted by atomic mass is 16.6. The Morgan fingerprint density at radius 2 is 1.75 bits per heavy atom. The second-order valence-electron chi connectivity index (χ2n) is 7.26. The van der Waals surface area contributed by atoms with Crippen LogP contribution in [0.5, 0.6) is 5.75 Å². The maximum absolute atomic E-state index is 13.1. The second-order valence-corrected chi connectivity index (χ2v) is 7.26. The molecule has 0 aromatic heterocycles. The first-order valence-electron chi connectivity index (χ1n) is 9.26. The molecule has 2 aromatic carbocycles. The molecule has 2 aromatic rings. The van der Waals surface area contributed by atoms with Gasteiger partial charge in [-0.05, 0) is 36.8 Å². The Bertz CT molecular complexity index is 943. The van der Waals surface area contributed by atoms with Gasteiger partial charge in [-0.3, -0.25) is 19.7 Å². The average molecular weight is 380 g/mol. The molecule has 2 aliphatic rings. The fourth-order valence-electron chi connectivity index (χ4n) is 4.41. The fraction of sp³-hybridized carbons (Fsp3) is 0.333. The van der Waals surface area contributed by atoms with Crippen molar-refractivity contribution in [2.24, 2.45) is 11.8 Å². The number of imide groups is 1. The van der Waals surface area contributed by atoms with Crippen LogP contribution in [-0.4, -0.2) is 23.8 Å². The Balaban J connectivity index is 1.64. The number of amides is 2. The number of methoxy groups -OCH3 is 1. The molecule has 2 fully saturated rings. The van der Waals surface area contributed by atoms with Gasteiger partial charge in [-0.1, -0.05) is 30.3 Å². The minimum Gasteiger partial charge on any atom is -0.494 e. The van der Waals surface area contributed by atoms with Crippen molar-refractivity contribution < 1.29 is 19.2 Å². The summed E-state index contributed by atoms with van der Waals surface area (Å²) in [4.78, 5) is 37.8. The van der Waals surface area contributed by atoms with Crippen molar-refractivity contribution in [2.75, 3.05) is 12.0 Å². The molecule has 3 unspecified atom stereocenters. The molecule has 0 spiro atoms. The monoisotopic (exact) mass is 380 g/mol. The minimum absolute atomic E-state index is 0.147. The van der Waals surface area contributed by atoms with Gasteiger partial charge in [-0.2, -0.15) is 0 Å². The molecule has 1 saturated carbocycles. The zero-order valence-electron chi connectivity index (χ0n) is 15.4. The molecule has 0 N–H and O–H groups in total. The van der Waals surface area contributed by atoms with Gasteiger partial charge in [0.05, 0.1) is 35.6 Å². The van der Waals surface area contributed by atoms with Gasteiger partial charge >= 0.3 is 0 Å². The summed E-state index contributed by atoms with van der Waals surface area (Å²) in [7, 11) is 1.37. The number of nitro benzene ring substituents is 1. The van der Waals surface area contributed by atoms with E-state index in [1.165, 1.54) is 30.9 Å². The lowest BCUT2D eigenvalue weighted by Crippen LogP contribution is -2.31. The molecule has 1 aliphatic heterocycles. The molecule has 7 nitrogen and oxygen atoms in total. The van der Waals surface area contributed by atoms with Crippen molar-refractivity contribution in [3.63, 3.8) is 0 Å². The molecular weight excluding hydrogens is 360 g/mol. The number of nitro groups is 1. The van der Waals surface area contributed by atoms with Gasteiger partial charge in [0, 0.05) is 6.07 Å². The summed E-state index contributed by atoms with van der Waals surface area (Å²) in [6.45, 7) is 0. The molecule has 0 bridgehead atoms. The third kappa shape index (κ3) is 2.93. The van der Waals surface area contributed by atoms with Crippen LogP contribution in [-0.2, 0) is 9.59 Å². The van der Waals surface area contributed by atoms with Crippen molar-refractivity contribution in [3.05, 3.63) is 64.2 Å². The number of anilines is 1. The van der Waals surface area contributed by atoms with E-state index in [4.69, 9.17) is 4.74 Å². The van der Waals surface area contributed by atoms with Gasteiger partial charge in [0.1, 0.15) is 5.75 Å². The van der Waals surface area contributed by atoms with Gasteiger partial charge in [-0.25, -0.2) is 4.90 Å². The number of ether oxygens (including phenoxy) is 1. The molecule has 1 heterocycles. The second kappa shape index (κ2) is 7.07. The lowest BCUT2D eigenvalue weighted by atomic mass is 9.73. The zero-order valence-corrected chi connectivity index (χ0v) is 15.4. The molecule has 4 rings (SSSR count). The summed E-state index contributed by atoms with van der Waals surface area (Å²) in [5.41, 5.74) is 1.31. The Labute approximate surface area is 162 Å². The predicted octanol–water partition coefficient (Wildman–Crippen LogP) is 3.68. The van der Waals surface area contributed by atoms with Gasteiger partial charge in [0.25, 0.3) is 5.69 Å². The number of carbonyl (C=O) groups is 2. The van der Waals surface area contributed by atoms with E-state index in [1.807, 2.05) is 18.2 Å². The summed E-state index contributed by atoms with van der Waals surface area (Å²) < 4.78 is 5.24. The van der Waals surface area contributed by atoms with E-state index in [2.05, 4.69) is 12.1 Å². The smallest absolute Gasteiger partial charge is 0.273 e. The van der Waals surface area contributed by atoms with Crippen LogP contribution in [0.3, 0.4) is 0 Å². The van der Waals surface area contributed by atoms with Crippen LogP contribution in [0.4, 0.5) is 11.4 Å². The molecule has 0 radical (unpaired) electrons. The number of carbonyl (C=O) groups excluding carboxylic acids is 2. The van der Waals surface area contributed by atoms with E-state index in [1.54, 1.807) is 0 Å². The molecular formula is C21H20N2O5. The van der Waals surface area contributed by atoms with E-state index in [0.29, 0.717) is 12.8 Å². The Kier molecular flexibility index (Phi) is 4.58.